The van der Waals surface area contributed by atoms with Gasteiger partial charge in [0, 0.05) is 16.7 Å². The Labute approximate surface area is 152 Å². The van der Waals surface area contributed by atoms with Crippen molar-refractivity contribution in [3.63, 3.8) is 0 Å². The Morgan fingerprint density at radius 3 is 2.45 bits per heavy atom. The fourth-order valence-electron chi connectivity index (χ4n) is 2.62. The quantitative estimate of drug-likeness (QED) is 0.323. The highest BCUT2D eigenvalue weighted by molar-refractivity contribution is 14.0. The van der Waals surface area contributed by atoms with Crippen molar-refractivity contribution in [3.05, 3.63) is 30.3 Å². The normalized spacial score (nSPS) is 18.1. The Hall–Kier alpha value is -0.630. The lowest BCUT2D eigenvalue weighted by atomic mass is 10.1. The fraction of sp³-hybridized carbons (Fsp3) is 0.562. The zero-order valence-corrected chi connectivity index (χ0v) is 16.0. The summed E-state index contributed by atoms with van der Waals surface area (Å²) in [5.74, 6) is 1.00. The molecule has 0 aliphatic heterocycles. The molecule has 1 fully saturated rings. The zero-order chi connectivity index (χ0) is 14.9. The summed E-state index contributed by atoms with van der Waals surface area (Å²) in [5.41, 5.74) is 5.92. The van der Waals surface area contributed by atoms with Gasteiger partial charge in [0.1, 0.15) is 0 Å². The average Bonchev–Trinajstić information content (AvgIpc) is 2.76. The van der Waals surface area contributed by atoms with Crippen LogP contribution >= 0.6 is 24.0 Å². The van der Waals surface area contributed by atoms with Gasteiger partial charge in [-0.05, 0) is 25.0 Å². The van der Waals surface area contributed by atoms with Crippen LogP contribution in [0.3, 0.4) is 0 Å². The van der Waals surface area contributed by atoms with Gasteiger partial charge in [-0.15, -0.1) is 24.0 Å². The number of guanidine groups is 1. The summed E-state index contributed by atoms with van der Waals surface area (Å²) in [7, 11) is -1.000. The summed E-state index contributed by atoms with van der Waals surface area (Å²) < 4.78 is 12.0. The van der Waals surface area contributed by atoms with E-state index in [1.165, 1.54) is 38.5 Å². The molecule has 22 heavy (non-hydrogen) atoms. The predicted octanol–water partition coefficient (Wildman–Crippen LogP) is 3.04. The Balaban J connectivity index is 0.00000242. The van der Waals surface area contributed by atoms with Crippen molar-refractivity contribution in [2.45, 2.75) is 49.5 Å². The second-order valence-electron chi connectivity index (χ2n) is 5.46. The maximum Gasteiger partial charge on any atom is 0.188 e. The van der Waals surface area contributed by atoms with Crippen LogP contribution < -0.4 is 11.1 Å². The largest absolute Gasteiger partial charge is 0.370 e. The highest BCUT2D eigenvalue weighted by Gasteiger charge is 2.12. The highest BCUT2D eigenvalue weighted by atomic mass is 127. The summed E-state index contributed by atoms with van der Waals surface area (Å²) >= 11 is 0. The Morgan fingerprint density at radius 2 is 1.82 bits per heavy atom. The van der Waals surface area contributed by atoms with E-state index in [0.29, 0.717) is 24.3 Å². The molecule has 1 aliphatic carbocycles. The van der Waals surface area contributed by atoms with Crippen molar-refractivity contribution in [2.75, 3.05) is 12.3 Å². The van der Waals surface area contributed by atoms with Crippen molar-refractivity contribution in [1.82, 2.24) is 5.32 Å². The van der Waals surface area contributed by atoms with Crippen LogP contribution in [0.15, 0.2) is 40.2 Å². The molecule has 1 aromatic carbocycles. The van der Waals surface area contributed by atoms with E-state index < -0.39 is 10.8 Å². The topological polar surface area (TPSA) is 67.5 Å². The molecule has 3 N–H and O–H groups in total. The number of hydrogen-bond donors (Lipinski definition) is 2. The number of rotatable bonds is 5. The Morgan fingerprint density at radius 1 is 1.18 bits per heavy atom. The molecule has 0 aromatic heterocycles. The van der Waals surface area contributed by atoms with Crippen molar-refractivity contribution in [1.29, 1.82) is 0 Å². The van der Waals surface area contributed by atoms with E-state index in [4.69, 9.17) is 5.73 Å². The van der Waals surface area contributed by atoms with Gasteiger partial charge in [0.25, 0.3) is 0 Å². The van der Waals surface area contributed by atoms with E-state index in [2.05, 4.69) is 10.3 Å². The molecule has 0 saturated heterocycles. The number of halogens is 1. The van der Waals surface area contributed by atoms with Gasteiger partial charge < -0.3 is 11.1 Å². The lowest BCUT2D eigenvalue weighted by Crippen LogP contribution is -2.40. The van der Waals surface area contributed by atoms with Crippen LogP contribution in [-0.2, 0) is 10.8 Å². The van der Waals surface area contributed by atoms with Crippen LogP contribution in [0.5, 0.6) is 0 Å². The summed E-state index contributed by atoms with van der Waals surface area (Å²) in [5, 5.41) is 3.30. The van der Waals surface area contributed by atoms with Gasteiger partial charge in [0.05, 0.1) is 17.3 Å². The van der Waals surface area contributed by atoms with E-state index in [-0.39, 0.29) is 24.0 Å². The van der Waals surface area contributed by atoms with Crippen molar-refractivity contribution < 1.29 is 4.21 Å². The molecule has 1 saturated carbocycles. The molecule has 1 atom stereocenters. The number of hydrogen-bond acceptors (Lipinski definition) is 2. The number of nitrogens with two attached hydrogens (primary N) is 1. The first kappa shape index (κ1) is 19.4. The third kappa shape index (κ3) is 7.09. The van der Waals surface area contributed by atoms with E-state index in [0.717, 1.165) is 4.90 Å². The second kappa shape index (κ2) is 11.0. The number of nitrogens with one attached hydrogen (secondary N) is 1. The number of aliphatic imine (C=N–C) groups is 1. The van der Waals surface area contributed by atoms with Crippen LogP contribution in [-0.4, -0.2) is 28.5 Å². The molecule has 1 aliphatic rings. The van der Waals surface area contributed by atoms with E-state index in [1.807, 2.05) is 30.3 Å². The molecular formula is C16H26IN3OS. The van der Waals surface area contributed by atoms with Gasteiger partial charge in [0.15, 0.2) is 5.96 Å². The first-order valence-electron chi connectivity index (χ1n) is 7.75. The fourth-order valence-corrected chi connectivity index (χ4v) is 3.57. The third-order valence-electron chi connectivity index (χ3n) is 3.77. The van der Waals surface area contributed by atoms with Crippen LogP contribution in [0.2, 0.25) is 0 Å². The summed E-state index contributed by atoms with van der Waals surface area (Å²) in [6.07, 6.45) is 7.53. The van der Waals surface area contributed by atoms with Gasteiger partial charge in [-0.25, -0.2) is 0 Å². The van der Waals surface area contributed by atoms with Gasteiger partial charge in [-0.2, -0.15) is 0 Å². The van der Waals surface area contributed by atoms with Crippen molar-refractivity contribution >= 4 is 40.7 Å². The molecule has 6 heteroatoms. The highest BCUT2D eigenvalue weighted by Crippen LogP contribution is 2.16. The van der Waals surface area contributed by atoms with Crippen LogP contribution in [0, 0.1) is 0 Å². The van der Waals surface area contributed by atoms with E-state index >= 15 is 0 Å². The first-order chi connectivity index (χ1) is 10.3. The smallest absolute Gasteiger partial charge is 0.188 e. The predicted molar refractivity (Wildman–Crippen MR) is 104 cm³/mol. The molecule has 0 bridgehead atoms. The van der Waals surface area contributed by atoms with Gasteiger partial charge in [0.2, 0.25) is 0 Å². The van der Waals surface area contributed by atoms with Gasteiger partial charge in [-0.1, -0.05) is 43.9 Å². The Bertz CT molecular complexity index is 474. The lowest BCUT2D eigenvalue weighted by molar-refractivity contribution is 0.530. The maximum absolute atomic E-state index is 12.0. The van der Waals surface area contributed by atoms with E-state index in [1.54, 1.807) is 0 Å². The number of benzene rings is 1. The standard InChI is InChI=1S/C16H25N3OS.HI/c17-16(19-14-8-4-1-2-5-9-14)18-12-13-21(20)15-10-6-3-7-11-15;/h3,6-7,10-11,14H,1-2,4-5,8-9,12-13H2,(H3,17,18,19);1H. The summed E-state index contributed by atoms with van der Waals surface area (Å²) in [6.45, 7) is 0.493. The van der Waals surface area contributed by atoms with Gasteiger partial charge in [-0.3, -0.25) is 9.20 Å². The molecule has 0 heterocycles. The first-order valence-corrected chi connectivity index (χ1v) is 9.07. The molecule has 0 spiro atoms. The third-order valence-corrected chi connectivity index (χ3v) is 5.12. The summed E-state index contributed by atoms with van der Waals surface area (Å²) in [4.78, 5) is 5.15. The molecule has 124 valence electrons. The average molecular weight is 435 g/mol. The van der Waals surface area contributed by atoms with Crippen LogP contribution in [0.4, 0.5) is 0 Å². The zero-order valence-electron chi connectivity index (χ0n) is 12.9. The Kier molecular flexibility index (Phi) is 9.70. The van der Waals surface area contributed by atoms with Gasteiger partial charge >= 0.3 is 0 Å². The maximum atomic E-state index is 12.0. The number of nitrogens with zero attached hydrogens (tertiary/aromatic N) is 1. The molecule has 0 radical (unpaired) electrons. The van der Waals surface area contributed by atoms with Crippen LogP contribution in [0.1, 0.15) is 38.5 Å². The molecule has 1 unspecified atom stereocenters. The molecule has 0 amide bonds. The van der Waals surface area contributed by atoms with Crippen molar-refractivity contribution in [2.24, 2.45) is 10.7 Å². The molecule has 2 rings (SSSR count). The minimum atomic E-state index is -1.000. The minimum Gasteiger partial charge on any atom is -0.370 e. The van der Waals surface area contributed by atoms with Crippen molar-refractivity contribution in [3.8, 4) is 0 Å². The molecular weight excluding hydrogens is 409 g/mol. The lowest BCUT2D eigenvalue weighted by Gasteiger charge is -2.16. The SMILES string of the molecule is I.NC(=NCCS(=O)c1ccccc1)NC1CCCCCC1. The summed E-state index contributed by atoms with van der Waals surface area (Å²) in [6, 6.07) is 9.94. The van der Waals surface area contributed by atoms with E-state index in [9.17, 15) is 4.21 Å². The molecule has 1 aromatic rings. The minimum absolute atomic E-state index is 0. The molecule has 4 nitrogen and oxygen atoms in total. The second-order valence-corrected chi connectivity index (χ2v) is 7.03. The van der Waals surface area contributed by atoms with Crippen LogP contribution in [0.25, 0.3) is 0 Å². The monoisotopic (exact) mass is 435 g/mol.